The molecule has 0 aliphatic rings. The summed E-state index contributed by atoms with van der Waals surface area (Å²) in [5, 5.41) is 0. The van der Waals surface area contributed by atoms with Crippen LogP contribution >= 0.6 is 12.2 Å². The summed E-state index contributed by atoms with van der Waals surface area (Å²) in [5.41, 5.74) is 7.59. The van der Waals surface area contributed by atoms with E-state index in [-0.39, 0.29) is 0 Å². The quantitative estimate of drug-likeness (QED) is 0.603. The van der Waals surface area contributed by atoms with Gasteiger partial charge in [-0.1, -0.05) is 12.2 Å². The maximum absolute atomic E-state index is 5.74. The minimum Gasteiger partial charge on any atom is -0.497 e. The van der Waals surface area contributed by atoms with Crippen molar-refractivity contribution in [1.29, 1.82) is 0 Å². The van der Waals surface area contributed by atoms with Gasteiger partial charge in [-0.15, -0.1) is 0 Å². The molecule has 4 nitrogen and oxygen atoms in total. The van der Waals surface area contributed by atoms with E-state index in [2.05, 4.69) is 4.90 Å². The van der Waals surface area contributed by atoms with Crippen LogP contribution in [0.5, 0.6) is 5.75 Å². The summed E-state index contributed by atoms with van der Waals surface area (Å²) in [5.74, 6) is 0.795. The van der Waals surface area contributed by atoms with Gasteiger partial charge in [0.2, 0.25) is 0 Å². The Labute approximate surface area is 114 Å². The lowest BCUT2D eigenvalue weighted by molar-refractivity contribution is 0.196. The van der Waals surface area contributed by atoms with Crippen LogP contribution in [0.3, 0.4) is 0 Å². The molecule has 0 aliphatic carbocycles. The largest absolute Gasteiger partial charge is 0.497 e. The number of hydrogen-bond acceptors (Lipinski definition) is 4. The third kappa shape index (κ3) is 3.85. The molecule has 0 aliphatic heterocycles. The second kappa shape index (κ2) is 7.18. The molecular weight excluding hydrogens is 248 g/mol. The normalized spacial score (nSPS) is 10.2. The van der Waals surface area contributed by atoms with Crippen molar-refractivity contribution < 1.29 is 9.47 Å². The maximum Gasteiger partial charge on any atom is 0.120 e. The summed E-state index contributed by atoms with van der Waals surface area (Å²) >= 11 is 5.07. The number of nitrogens with two attached hydrogens (primary N) is 1. The Hall–Kier alpha value is -1.33. The zero-order valence-electron chi connectivity index (χ0n) is 11.1. The lowest BCUT2D eigenvalue weighted by atomic mass is 10.1. The Morgan fingerprint density at radius 1 is 1.39 bits per heavy atom. The highest BCUT2D eigenvalue weighted by Crippen LogP contribution is 2.25. The Kier molecular flexibility index (Phi) is 5.88. The van der Waals surface area contributed by atoms with Crippen molar-refractivity contribution >= 4 is 22.9 Å². The van der Waals surface area contributed by atoms with Crippen LogP contribution in [0.2, 0.25) is 0 Å². The zero-order valence-corrected chi connectivity index (χ0v) is 11.9. The molecule has 0 spiro atoms. The monoisotopic (exact) mass is 268 g/mol. The zero-order chi connectivity index (χ0) is 13.5. The maximum atomic E-state index is 5.74. The fourth-order valence-corrected chi connectivity index (χ4v) is 1.90. The standard InChI is InChI=1S/C13H20N2O2S/c1-15(7-4-8-16-2)12-9-10(17-3)5-6-11(12)13(14)18/h5-6,9H,4,7-8H2,1-3H3,(H2,14,18). The minimum absolute atomic E-state index is 0.395. The first-order chi connectivity index (χ1) is 8.60. The number of nitrogens with zero attached hydrogens (tertiary/aromatic N) is 1. The summed E-state index contributed by atoms with van der Waals surface area (Å²) in [6.45, 7) is 1.60. The number of benzene rings is 1. The summed E-state index contributed by atoms with van der Waals surface area (Å²) in [6, 6.07) is 5.70. The van der Waals surface area contributed by atoms with E-state index in [9.17, 15) is 0 Å². The Morgan fingerprint density at radius 3 is 2.67 bits per heavy atom. The van der Waals surface area contributed by atoms with Crippen LogP contribution in [0, 0.1) is 0 Å². The second-order valence-electron chi connectivity index (χ2n) is 4.02. The molecule has 0 saturated heterocycles. The van der Waals surface area contributed by atoms with Crippen LogP contribution in [-0.2, 0) is 4.74 Å². The summed E-state index contributed by atoms with van der Waals surface area (Å²) < 4.78 is 10.3. The van der Waals surface area contributed by atoms with Gasteiger partial charge in [0.25, 0.3) is 0 Å². The van der Waals surface area contributed by atoms with Gasteiger partial charge in [0.05, 0.1) is 12.8 Å². The van der Waals surface area contributed by atoms with Crippen molar-refractivity contribution in [1.82, 2.24) is 0 Å². The average molecular weight is 268 g/mol. The number of thiocarbonyl (C=S) groups is 1. The molecule has 0 amide bonds. The predicted molar refractivity (Wildman–Crippen MR) is 78.6 cm³/mol. The molecule has 18 heavy (non-hydrogen) atoms. The number of rotatable bonds is 7. The van der Waals surface area contributed by atoms with Crippen LogP contribution in [0.25, 0.3) is 0 Å². The summed E-state index contributed by atoms with van der Waals surface area (Å²) in [4.78, 5) is 2.50. The summed E-state index contributed by atoms with van der Waals surface area (Å²) in [6.07, 6.45) is 0.945. The molecule has 5 heteroatoms. The Morgan fingerprint density at radius 2 is 2.11 bits per heavy atom. The van der Waals surface area contributed by atoms with E-state index < -0.39 is 0 Å². The number of hydrogen-bond donors (Lipinski definition) is 1. The first-order valence-electron chi connectivity index (χ1n) is 5.78. The van der Waals surface area contributed by atoms with E-state index >= 15 is 0 Å². The van der Waals surface area contributed by atoms with E-state index in [0.29, 0.717) is 4.99 Å². The molecule has 0 aromatic heterocycles. The van der Waals surface area contributed by atoms with Gasteiger partial charge in [0.1, 0.15) is 10.7 Å². The van der Waals surface area contributed by atoms with Gasteiger partial charge in [-0.3, -0.25) is 0 Å². The molecular formula is C13H20N2O2S. The molecule has 0 radical (unpaired) electrons. The van der Waals surface area contributed by atoms with Crippen LogP contribution in [-0.4, -0.2) is 39.4 Å². The molecule has 0 fully saturated rings. The number of methoxy groups -OCH3 is 2. The van der Waals surface area contributed by atoms with Crippen molar-refractivity contribution in [3.8, 4) is 5.75 Å². The summed E-state index contributed by atoms with van der Waals surface area (Å²) in [7, 11) is 5.35. The van der Waals surface area contributed by atoms with Gasteiger partial charge in [-0.2, -0.15) is 0 Å². The second-order valence-corrected chi connectivity index (χ2v) is 4.46. The SMILES string of the molecule is COCCCN(C)c1cc(OC)ccc1C(N)=S. The van der Waals surface area contributed by atoms with E-state index in [1.165, 1.54) is 0 Å². The third-order valence-electron chi connectivity index (χ3n) is 2.72. The van der Waals surface area contributed by atoms with Crippen LogP contribution < -0.4 is 15.4 Å². The molecule has 100 valence electrons. The molecule has 1 rings (SSSR count). The van der Waals surface area contributed by atoms with Crippen molar-refractivity contribution in [3.63, 3.8) is 0 Å². The molecule has 0 unspecified atom stereocenters. The van der Waals surface area contributed by atoms with Gasteiger partial charge in [-0.25, -0.2) is 0 Å². The van der Waals surface area contributed by atoms with Crippen LogP contribution in [0.1, 0.15) is 12.0 Å². The van der Waals surface area contributed by atoms with Crippen molar-refractivity contribution in [2.24, 2.45) is 5.73 Å². The highest BCUT2D eigenvalue weighted by atomic mass is 32.1. The number of anilines is 1. The fourth-order valence-electron chi connectivity index (χ4n) is 1.73. The van der Waals surface area contributed by atoms with Crippen molar-refractivity contribution in [2.75, 3.05) is 39.3 Å². The Balaban J connectivity index is 2.92. The van der Waals surface area contributed by atoms with Crippen LogP contribution in [0.15, 0.2) is 18.2 Å². The lowest BCUT2D eigenvalue weighted by Crippen LogP contribution is -2.23. The highest BCUT2D eigenvalue weighted by Gasteiger charge is 2.11. The minimum atomic E-state index is 0.395. The van der Waals surface area contributed by atoms with E-state index in [0.717, 1.165) is 36.6 Å². The lowest BCUT2D eigenvalue weighted by Gasteiger charge is -2.22. The van der Waals surface area contributed by atoms with E-state index in [1.54, 1.807) is 14.2 Å². The third-order valence-corrected chi connectivity index (χ3v) is 2.94. The molecule has 1 aromatic rings. The van der Waals surface area contributed by atoms with Gasteiger partial charge in [-0.05, 0) is 18.6 Å². The average Bonchev–Trinajstić information content (AvgIpc) is 2.38. The molecule has 0 heterocycles. The van der Waals surface area contributed by atoms with E-state index in [4.69, 9.17) is 27.4 Å². The molecule has 2 N–H and O–H groups in total. The van der Waals surface area contributed by atoms with Crippen molar-refractivity contribution in [3.05, 3.63) is 23.8 Å². The molecule has 0 atom stereocenters. The van der Waals surface area contributed by atoms with E-state index in [1.807, 2.05) is 25.2 Å². The molecule has 0 saturated carbocycles. The van der Waals surface area contributed by atoms with Gasteiger partial charge >= 0.3 is 0 Å². The highest BCUT2D eigenvalue weighted by molar-refractivity contribution is 7.80. The molecule has 0 bridgehead atoms. The van der Waals surface area contributed by atoms with Gasteiger partial charge in [0, 0.05) is 38.9 Å². The van der Waals surface area contributed by atoms with Crippen LogP contribution in [0.4, 0.5) is 5.69 Å². The smallest absolute Gasteiger partial charge is 0.120 e. The van der Waals surface area contributed by atoms with Gasteiger partial charge in [0.15, 0.2) is 0 Å². The predicted octanol–water partition coefficient (Wildman–Crippen LogP) is 1.80. The van der Waals surface area contributed by atoms with Gasteiger partial charge < -0.3 is 20.1 Å². The van der Waals surface area contributed by atoms with Crippen molar-refractivity contribution in [2.45, 2.75) is 6.42 Å². The molecule has 1 aromatic carbocycles. The number of ether oxygens (including phenoxy) is 2. The fraction of sp³-hybridized carbons (Fsp3) is 0.462. The first-order valence-corrected chi connectivity index (χ1v) is 6.19. The first kappa shape index (κ1) is 14.7. The Bertz CT molecular complexity index is 410. The topological polar surface area (TPSA) is 47.7 Å².